The van der Waals surface area contributed by atoms with Gasteiger partial charge in [0.1, 0.15) is 5.82 Å². The minimum Gasteiger partial charge on any atom is -0.343 e. The van der Waals surface area contributed by atoms with E-state index in [2.05, 4.69) is 25.8 Å². The van der Waals surface area contributed by atoms with Crippen LogP contribution in [-0.4, -0.2) is 60.4 Å². The average molecular weight is 443 g/mol. The van der Waals surface area contributed by atoms with Crippen molar-refractivity contribution in [3.63, 3.8) is 0 Å². The van der Waals surface area contributed by atoms with Crippen LogP contribution in [0.3, 0.4) is 0 Å². The molecule has 31 heavy (non-hydrogen) atoms. The van der Waals surface area contributed by atoms with Crippen molar-refractivity contribution in [3.05, 3.63) is 59.9 Å². The summed E-state index contributed by atoms with van der Waals surface area (Å²) in [6, 6.07) is 12.6. The Balaban J connectivity index is 1.62. The summed E-state index contributed by atoms with van der Waals surface area (Å²) in [4.78, 5) is 28.9. The molecule has 1 heterocycles. The second kappa shape index (κ2) is 9.06. The van der Waals surface area contributed by atoms with E-state index >= 15 is 0 Å². The van der Waals surface area contributed by atoms with Crippen LogP contribution in [0, 0.1) is 6.92 Å². The van der Waals surface area contributed by atoms with E-state index in [0.717, 1.165) is 9.87 Å². The summed E-state index contributed by atoms with van der Waals surface area (Å²) >= 11 is 0. The molecule has 0 saturated carbocycles. The Bertz CT molecular complexity index is 1220. The zero-order chi connectivity index (χ0) is 22.6. The molecule has 0 fully saturated rings. The molecule has 3 rings (SSSR count). The molecule has 0 aliphatic carbocycles. The van der Waals surface area contributed by atoms with Crippen molar-refractivity contribution in [1.82, 2.24) is 24.8 Å². The van der Waals surface area contributed by atoms with Gasteiger partial charge in [-0.25, -0.2) is 17.7 Å². The van der Waals surface area contributed by atoms with E-state index < -0.39 is 21.8 Å². The lowest BCUT2D eigenvalue weighted by Gasteiger charge is -2.12. The van der Waals surface area contributed by atoms with Crippen molar-refractivity contribution < 1.29 is 18.0 Å². The summed E-state index contributed by atoms with van der Waals surface area (Å²) in [6.45, 7) is 1.50. The molecule has 0 radical (unpaired) electrons. The highest BCUT2D eigenvalue weighted by atomic mass is 32.2. The second-order valence-electron chi connectivity index (χ2n) is 6.87. The molecule has 2 aromatic carbocycles. The third-order valence-corrected chi connectivity index (χ3v) is 6.10. The number of aromatic nitrogens is 3. The first-order valence-corrected chi connectivity index (χ1v) is 10.7. The number of sulfonamides is 1. The number of H-pyrrole nitrogens is 1. The zero-order valence-electron chi connectivity index (χ0n) is 17.2. The number of benzene rings is 2. The molecule has 0 unspecified atom stereocenters. The molecule has 1 aromatic heterocycles. The van der Waals surface area contributed by atoms with Crippen LogP contribution in [0.4, 0.5) is 5.69 Å². The van der Waals surface area contributed by atoms with Crippen LogP contribution >= 0.6 is 0 Å². The van der Waals surface area contributed by atoms with Crippen LogP contribution < -0.4 is 10.6 Å². The fourth-order valence-electron chi connectivity index (χ4n) is 2.68. The normalized spacial score (nSPS) is 11.4. The van der Waals surface area contributed by atoms with Crippen LogP contribution in [0.15, 0.2) is 53.4 Å². The number of rotatable bonds is 7. The van der Waals surface area contributed by atoms with Gasteiger partial charge in [-0.1, -0.05) is 18.2 Å². The summed E-state index contributed by atoms with van der Waals surface area (Å²) in [5.41, 5.74) is 1.39. The highest BCUT2D eigenvalue weighted by Crippen LogP contribution is 2.19. The number of nitrogens with one attached hydrogen (secondary N) is 3. The van der Waals surface area contributed by atoms with E-state index in [0.29, 0.717) is 17.3 Å². The maximum absolute atomic E-state index is 12.4. The first-order chi connectivity index (χ1) is 14.7. The van der Waals surface area contributed by atoms with Crippen molar-refractivity contribution in [2.75, 3.05) is 26.0 Å². The van der Waals surface area contributed by atoms with Crippen molar-refractivity contribution in [1.29, 1.82) is 0 Å². The maximum Gasteiger partial charge on any atom is 0.251 e. The smallest absolute Gasteiger partial charge is 0.251 e. The molecular formula is C20H22N6O4S. The van der Waals surface area contributed by atoms with Crippen molar-refractivity contribution in [2.45, 2.75) is 11.8 Å². The Kier molecular flexibility index (Phi) is 6.47. The van der Waals surface area contributed by atoms with Gasteiger partial charge >= 0.3 is 0 Å². The minimum absolute atomic E-state index is 0.00590. The van der Waals surface area contributed by atoms with Gasteiger partial charge in [0.25, 0.3) is 5.91 Å². The van der Waals surface area contributed by atoms with Gasteiger partial charge in [0, 0.05) is 30.9 Å². The van der Waals surface area contributed by atoms with E-state index in [1.807, 2.05) is 6.07 Å². The number of hydrogen-bond acceptors (Lipinski definition) is 6. The van der Waals surface area contributed by atoms with E-state index in [1.165, 1.54) is 38.4 Å². The Morgan fingerprint density at radius 2 is 1.84 bits per heavy atom. The number of carbonyl (C=O) groups excluding carboxylic acids is 2. The lowest BCUT2D eigenvalue weighted by molar-refractivity contribution is -0.115. The number of carbonyl (C=O) groups is 2. The predicted molar refractivity (Wildman–Crippen MR) is 115 cm³/mol. The number of hydrogen-bond donors (Lipinski definition) is 3. The second-order valence-corrected chi connectivity index (χ2v) is 9.02. The summed E-state index contributed by atoms with van der Waals surface area (Å²) in [5, 5.41) is 12.0. The quantitative estimate of drug-likeness (QED) is 0.506. The van der Waals surface area contributed by atoms with Gasteiger partial charge in [0.15, 0.2) is 5.82 Å². The van der Waals surface area contributed by atoms with Crippen LogP contribution in [0.5, 0.6) is 0 Å². The first kappa shape index (κ1) is 22.1. The Labute approximate surface area is 179 Å². The van der Waals surface area contributed by atoms with Crippen molar-refractivity contribution in [3.8, 4) is 11.4 Å². The lowest BCUT2D eigenvalue weighted by Crippen LogP contribution is -2.33. The Morgan fingerprint density at radius 3 is 2.52 bits per heavy atom. The molecule has 162 valence electrons. The predicted octanol–water partition coefficient (Wildman–Crippen LogP) is 1.40. The minimum atomic E-state index is -3.67. The van der Waals surface area contributed by atoms with Gasteiger partial charge in [-0.15, -0.1) is 0 Å². The Morgan fingerprint density at radius 1 is 1.10 bits per heavy atom. The Hall–Kier alpha value is -3.57. The number of aromatic amines is 1. The van der Waals surface area contributed by atoms with Crippen LogP contribution in [-0.2, 0) is 14.8 Å². The van der Waals surface area contributed by atoms with E-state index in [4.69, 9.17) is 0 Å². The third kappa shape index (κ3) is 5.32. The van der Waals surface area contributed by atoms with Gasteiger partial charge in [0.2, 0.25) is 15.9 Å². The van der Waals surface area contributed by atoms with Gasteiger partial charge in [0.05, 0.1) is 11.4 Å². The lowest BCUT2D eigenvalue weighted by atomic mass is 10.2. The van der Waals surface area contributed by atoms with E-state index in [1.54, 1.807) is 25.1 Å². The van der Waals surface area contributed by atoms with Gasteiger partial charge in [-0.3, -0.25) is 14.7 Å². The topological polar surface area (TPSA) is 137 Å². The fourth-order valence-corrected chi connectivity index (χ4v) is 3.63. The van der Waals surface area contributed by atoms with Crippen molar-refractivity contribution in [2.24, 2.45) is 0 Å². The molecule has 3 aromatic rings. The first-order valence-electron chi connectivity index (χ1n) is 9.27. The number of nitrogens with zero attached hydrogens (tertiary/aromatic N) is 3. The van der Waals surface area contributed by atoms with Crippen LogP contribution in [0.2, 0.25) is 0 Å². The van der Waals surface area contributed by atoms with E-state index in [9.17, 15) is 18.0 Å². The number of amides is 2. The standard InChI is InChI=1S/C20H22N6O4S/c1-13-22-19(25-24-13)14-6-4-8-16(10-14)23-18(27)12-21-20(28)15-7-5-9-17(11-15)31(29,30)26(2)3/h4-11H,12H2,1-3H3,(H,21,28)(H,23,27)(H,22,24,25). The third-order valence-electron chi connectivity index (χ3n) is 4.29. The summed E-state index contributed by atoms with van der Waals surface area (Å²) < 4.78 is 25.5. The monoisotopic (exact) mass is 442 g/mol. The zero-order valence-corrected chi connectivity index (χ0v) is 18.0. The highest BCUT2D eigenvalue weighted by molar-refractivity contribution is 7.89. The average Bonchev–Trinajstić information content (AvgIpc) is 3.18. The largest absolute Gasteiger partial charge is 0.343 e. The summed E-state index contributed by atoms with van der Waals surface area (Å²) in [7, 11) is -0.854. The van der Waals surface area contributed by atoms with Gasteiger partial charge < -0.3 is 10.6 Å². The van der Waals surface area contributed by atoms with Crippen LogP contribution in [0.1, 0.15) is 16.2 Å². The van der Waals surface area contributed by atoms with Gasteiger partial charge in [-0.05, 0) is 37.3 Å². The van der Waals surface area contributed by atoms with Crippen molar-refractivity contribution >= 4 is 27.5 Å². The molecule has 11 heteroatoms. The summed E-state index contributed by atoms with van der Waals surface area (Å²) in [5.74, 6) is 0.189. The number of anilines is 1. The molecule has 0 bridgehead atoms. The molecule has 3 N–H and O–H groups in total. The molecule has 0 saturated heterocycles. The SMILES string of the molecule is Cc1nc(-c2cccc(NC(=O)CNC(=O)c3cccc(S(=O)(=O)N(C)C)c3)c2)n[nH]1. The summed E-state index contributed by atoms with van der Waals surface area (Å²) in [6.07, 6.45) is 0. The molecule has 0 aliphatic rings. The van der Waals surface area contributed by atoms with Gasteiger partial charge in [-0.2, -0.15) is 5.10 Å². The van der Waals surface area contributed by atoms with E-state index in [-0.39, 0.29) is 17.0 Å². The molecular weight excluding hydrogens is 420 g/mol. The maximum atomic E-state index is 12.4. The highest BCUT2D eigenvalue weighted by Gasteiger charge is 2.19. The fraction of sp³-hybridized carbons (Fsp3) is 0.200. The molecule has 2 amide bonds. The number of aryl methyl sites for hydroxylation is 1. The molecule has 0 spiro atoms. The van der Waals surface area contributed by atoms with Crippen LogP contribution in [0.25, 0.3) is 11.4 Å². The molecule has 0 atom stereocenters. The molecule has 0 aliphatic heterocycles. The molecule has 10 nitrogen and oxygen atoms in total.